The fourth-order valence-corrected chi connectivity index (χ4v) is 8.31. The van der Waals surface area contributed by atoms with Gasteiger partial charge in [-0.2, -0.15) is 0 Å². The SMILES string of the molecule is CCO[Si](C)(C)CCCN(CC(C)C(=O)O[Si](CC)(CC)CC)c1ccccc1. The Morgan fingerprint density at radius 2 is 1.62 bits per heavy atom. The fraction of sp³-hybridized carbons (Fsp3) is 0.696. The summed E-state index contributed by atoms with van der Waals surface area (Å²) in [6.07, 6.45) is 1.08. The summed E-state index contributed by atoms with van der Waals surface area (Å²) in [6, 6.07) is 14.5. The highest BCUT2D eigenvalue weighted by molar-refractivity contribution is 6.75. The Balaban J connectivity index is 2.80. The zero-order valence-electron chi connectivity index (χ0n) is 19.8. The van der Waals surface area contributed by atoms with E-state index in [0.717, 1.165) is 43.7 Å². The largest absolute Gasteiger partial charge is 0.519 e. The van der Waals surface area contributed by atoms with Gasteiger partial charge < -0.3 is 13.8 Å². The number of hydrogen-bond donors (Lipinski definition) is 0. The molecule has 0 aromatic heterocycles. The van der Waals surface area contributed by atoms with Crippen LogP contribution in [0, 0.1) is 5.92 Å². The molecule has 1 unspecified atom stereocenters. The summed E-state index contributed by atoms with van der Waals surface area (Å²) >= 11 is 0. The van der Waals surface area contributed by atoms with Crippen LogP contribution >= 0.6 is 0 Å². The minimum atomic E-state index is -1.91. The van der Waals surface area contributed by atoms with Crippen LogP contribution in [0.25, 0.3) is 0 Å². The molecule has 1 rings (SSSR count). The van der Waals surface area contributed by atoms with E-state index in [2.05, 4.69) is 70.0 Å². The Hall–Kier alpha value is -1.12. The summed E-state index contributed by atoms with van der Waals surface area (Å²) in [6.45, 7) is 17.6. The maximum atomic E-state index is 12.9. The molecule has 6 heteroatoms. The molecule has 1 aromatic rings. The second-order valence-electron chi connectivity index (χ2n) is 8.64. The molecule has 0 aliphatic carbocycles. The van der Waals surface area contributed by atoms with Crippen LogP contribution in [-0.2, 0) is 13.6 Å². The van der Waals surface area contributed by atoms with E-state index in [4.69, 9.17) is 8.85 Å². The number of rotatable bonds is 14. The third-order valence-corrected chi connectivity index (χ3v) is 13.1. The second kappa shape index (κ2) is 12.5. The Labute approximate surface area is 181 Å². The van der Waals surface area contributed by atoms with E-state index in [1.54, 1.807) is 0 Å². The van der Waals surface area contributed by atoms with E-state index in [-0.39, 0.29) is 11.9 Å². The van der Waals surface area contributed by atoms with E-state index in [0.29, 0.717) is 6.54 Å². The molecule has 0 aliphatic rings. The van der Waals surface area contributed by atoms with Gasteiger partial charge in [0, 0.05) is 25.4 Å². The van der Waals surface area contributed by atoms with E-state index in [1.165, 1.54) is 5.69 Å². The monoisotopic (exact) mass is 437 g/mol. The molecule has 166 valence electrons. The van der Waals surface area contributed by atoms with Crippen molar-refractivity contribution in [2.24, 2.45) is 5.92 Å². The van der Waals surface area contributed by atoms with Crippen LogP contribution in [0.2, 0.25) is 37.3 Å². The first kappa shape index (κ1) is 25.9. The smallest absolute Gasteiger partial charge is 0.297 e. The molecule has 4 nitrogen and oxygen atoms in total. The first-order chi connectivity index (χ1) is 13.7. The molecule has 1 aromatic carbocycles. The van der Waals surface area contributed by atoms with Crippen LogP contribution in [0.3, 0.4) is 0 Å². The molecule has 0 spiro atoms. The van der Waals surface area contributed by atoms with Crippen LogP contribution in [0.1, 0.15) is 41.0 Å². The van der Waals surface area contributed by atoms with Crippen LogP contribution in [0.4, 0.5) is 5.69 Å². The van der Waals surface area contributed by atoms with Gasteiger partial charge in [-0.05, 0) is 62.7 Å². The molecule has 0 amide bonds. The van der Waals surface area contributed by atoms with Gasteiger partial charge in [-0.3, -0.25) is 4.79 Å². The van der Waals surface area contributed by atoms with E-state index in [9.17, 15) is 4.79 Å². The Morgan fingerprint density at radius 3 is 2.14 bits per heavy atom. The van der Waals surface area contributed by atoms with Crippen molar-refractivity contribution in [2.75, 3.05) is 24.6 Å². The Bertz CT molecular complexity index is 583. The normalized spacial score (nSPS) is 13.2. The van der Waals surface area contributed by atoms with Crippen LogP contribution in [0.5, 0.6) is 0 Å². The number of carbonyl (C=O) groups excluding carboxylic acids is 1. The van der Waals surface area contributed by atoms with Crippen molar-refractivity contribution in [3.05, 3.63) is 30.3 Å². The third kappa shape index (κ3) is 8.64. The zero-order valence-corrected chi connectivity index (χ0v) is 21.8. The van der Waals surface area contributed by atoms with Crippen molar-refractivity contribution in [1.82, 2.24) is 0 Å². The van der Waals surface area contributed by atoms with Gasteiger partial charge in [-0.1, -0.05) is 45.9 Å². The molecular formula is C23H43NO3Si2. The molecule has 0 fully saturated rings. The minimum Gasteiger partial charge on any atom is -0.519 e. The molecule has 0 aliphatic heterocycles. The van der Waals surface area contributed by atoms with Gasteiger partial charge in [0.2, 0.25) is 0 Å². The highest BCUT2D eigenvalue weighted by Crippen LogP contribution is 2.24. The quantitative estimate of drug-likeness (QED) is 0.320. The number of benzene rings is 1. The summed E-state index contributed by atoms with van der Waals surface area (Å²) in [5, 5.41) is 0. The number of hydrogen-bond acceptors (Lipinski definition) is 4. The number of anilines is 1. The van der Waals surface area contributed by atoms with Crippen molar-refractivity contribution < 1.29 is 13.6 Å². The van der Waals surface area contributed by atoms with E-state index >= 15 is 0 Å². The van der Waals surface area contributed by atoms with E-state index < -0.39 is 16.6 Å². The van der Waals surface area contributed by atoms with Crippen molar-refractivity contribution in [2.45, 2.75) is 78.3 Å². The molecule has 0 saturated carbocycles. The topological polar surface area (TPSA) is 38.8 Å². The lowest BCUT2D eigenvalue weighted by atomic mass is 10.1. The molecule has 0 heterocycles. The molecule has 0 N–H and O–H groups in total. The number of para-hydroxylation sites is 1. The lowest BCUT2D eigenvalue weighted by Crippen LogP contribution is -2.42. The standard InChI is InChI=1S/C23H43NO3Si2/c1-8-26-28(6,7)19-15-18-24(22-16-13-12-14-17-22)20-21(5)23(25)27-29(9-2,10-3)11-4/h12-14,16-17,21H,8-11,15,18-20H2,1-7H3. The van der Waals surface area contributed by atoms with Crippen molar-refractivity contribution in [1.29, 1.82) is 0 Å². The third-order valence-electron chi connectivity index (χ3n) is 6.01. The summed E-state index contributed by atoms with van der Waals surface area (Å²) < 4.78 is 12.1. The molecular weight excluding hydrogens is 394 g/mol. The predicted octanol–water partition coefficient (Wildman–Crippen LogP) is 6.31. The minimum absolute atomic E-state index is 0.0211. The van der Waals surface area contributed by atoms with Gasteiger partial charge in [-0.25, -0.2) is 0 Å². The first-order valence-electron chi connectivity index (χ1n) is 11.4. The van der Waals surface area contributed by atoms with E-state index in [1.807, 2.05) is 13.0 Å². The van der Waals surface area contributed by atoms with Crippen LogP contribution < -0.4 is 4.90 Å². The molecule has 1 atom stereocenters. The van der Waals surface area contributed by atoms with Crippen LogP contribution in [0.15, 0.2) is 30.3 Å². The van der Waals surface area contributed by atoms with Gasteiger partial charge in [0.15, 0.2) is 8.32 Å². The molecule has 29 heavy (non-hydrogen) atoms. The van der Waals surface area contributed by atoms with Gasteiger partial charge in [-0.15, -0.1) is 0 Å². The lowest BCUT2D eigenvalue weighted by molar-refractivity contribution is -0.139. The average molecular weight is 438 g/mol. The summed E-state index contributed by atoms with van der Waals surface area (Å²) in [5.74, 6) is -0.156. The van der Waals surface area contributed by atoms with Crippen molar-refractivity contribution >= 4 is 28.3 Å². The first-order valence-corrected chi connectivity index (χ1v) is 17.0. The predicted molar refractivity (Wildman–Crippen MR) is 130 cm³/mol. The van der Waals surface area contributed by atoms with Crippen molar-refractivity contribution in [3.63, 3.8) is 0 Å². The number of carbonyl (C=O) groups is 1. The summed E-state index contributed by atoms with van der Waals surface area (Å²) in [4.78, 5) is 15.2. The van der Waals surface area contributed by atoms with Crippen molar-refractivity contribution in [3.8, 4) is 0 Å². The van der Waals surface area contributed by atoms with Gasteiger partial charge in [0.25, 0.3) is 14.3 Å². The van der Waals surface area contributed by atoms with Gasteiger partial charge >= 0.3 is 0 Å². The molecule has 0 saturated heterocycles. The Kier molecular flexibility index (Phi) is 11.2. The lowest BCUT2D eigenvalue weighted by Gasteiger charge is -2.32. The highest BCUT2D eigenvalue weighted by atomic mass is 28.4. The van der Waals surface area contributed by atoms with Gasteiger partial charge in [0.1, 0.15) is 0 Å². The van der Waals surface area contributed by atoms with Gasteiger partial charge in [0.05, 0.1) is 5.92 Å². The Morgan fingerprint density at radius 1 is 1.03 bits per heavy atom. The summed E-state index contributed by atoms with van der Waals surface area (Å²) in [7, 11) is -3.50. The summed E-state index contributed by atoms with van der Waals surface area (Å²) in [5.41, 5.74) is 1.17. The van der Waals surface area contributed by atoms with Crippen LogP contribution in [-0.4, -0.2) is 42.3 Å². The number of nitrogens with zero attached hydrogens (tertiary/aromatic N) is 1. The maximum Gasteiger partial charge on any atom is 0.297 e. The molecule has 0 bridgehead atoms. The fourth-order valence-electron chi connectivity index (χ4n) is 3.81. The molecule has 0 radical (unpaired) electrons. The zero-order chi connectivity index (χ0) is 21.9. The highest BCUT2D eigenvalue weighted by Gasteiger charge is 2.34. The maximum absolute atomic E-state index is 12.9. The second-order valence-corrected chi connectivity index (χ2v) is 17.6. The average Bonchev–Trinajstić information content (AvgIpc) is 2.71.